The maximum Gasteiger partial charge on any atom is 0.229 e. The summed E-state index contributed by atoms with van der Waals surface area (Å²) in [6.07, 6.45) is 0. The largest absolute Gasteiger partial charge is 0.323 e. The zero-order valence-electron chi connectivity index (χ0n) is 17.9. The van der Waals surface area contributed by atoms with Crippen molar-refractivity contribution in [2.24, 2.45) is 5.92 Å². The Labute approximate surface area is 176 Å². The monoisotopic (exact) mass is 413 g/mol. The maximum atomic E-state index is 12.8. The van der Waals surface area contributed by atoms with Crippen LogP contribution in [0.5, 0.6) is 0 Å². The number of rotatable bonds is 6. The fourth-order valence-electron chi connectivity index (χ4n) is 3.46. The van der Waals surface area contributed by atoms with E-state index in [2.05, 4.69) is 40.6 Å². The minimum absolute atomic E-state index is 0.0602. The van der Waals surface area contributed by atoms with Crippen LogP contribution in [-0.4, -0.2) is 25.5 Å². The zero-order chi connectivity index (χ0) is 21.3. The summed E-state index contributed by atoms with van der Waals surface area (Å²) in [6.45, 7) is 12.8. The van der Waals surface area contributed by atoms with E-state index in [1.807, 2.05) is 45.4 Å². The molecule has 3 rings (SSSR count). The summed E-state index contributed by atoms with van der Waals surface area (Å²) in [5.41, 5.74) is 6.59. The smallest absolute Gasteiger partial charge is 0.229 e. The molecular weight excluding hydrogens is 386 g/mol. The van der Waals surface area contributed by atoms with Crippen molar-refractivity contribution in [3.63, 3.8) is 0 Å². The SMILES string of the molecule is Cc1cccc(Cn2nc(C)c(NC(=O)C(C)Cn3nc(C)c(Cl)c3C)c2C)c1. The van der Waals surface area contributed by atoms with Crippen LogP contribution in [0.25, 0.3) is 0 Å². The van der Waals surface area contributed by atoms with E-state index < -0.39 is 0 Å². The van der Waals surface area contributed by atoms with Crippen molar-refractivity contribution in [3.8, 4) is 0 Å². The van der Waals surface area contributed by atoms with Crippen LogP contribution in [0, 0.1) is 40.5 Å². The maximum absolute atomic E-state index is 12.8. The van der Waals surface area contributed by atoms with Gasteiger partial charge in [0.1, 0.15) is 0 Å². The van der Waals surface area contributed by atoms with E-state index in [4.69, 9.17) is 11.6 Å². The molecule has 1 unspecified atom stereocenters. The highest BCUT2D eigenvalue weighted by molar-refractivity contribution is 6.31. The number of benzene rings is 1. The lowest BCUT2D eigenvalue weighted by atomic mass is 10.1. The van der Waals surface area contributed by atoms with Gasteiger partial charge in [0, 0.05) is 0 Å². The van der Waals surface area contributed by atoms with Gasteiger partial charge in [-0.15, -0.1) is 0 Å². The number of aryl methyl sites for hydroxylation is 3. The number of anilines is 1. The minimum Gasteiger partial charge on any atom is -0.323 e. The van der Waals surface area contributed by atoms with Gasteiger partial charge < -0.3 is 5.32 Å². The average molecular weight is 414 g/mol. The first-order valence-electron chi connectivity index (χ1n) is 9.77. The van der Waals surface area contributed by atoms with E-state index in [0.29, 0.717) is 18.1 Å². The van der Waals surface area contributed by atoms with Gasteiger partial charge in [0.15, 0.2) is 0 Å². The molecule has 0 bridgehead atoms. The quantitative estimate of drug-likeness (QED) is 0.642. The van der Waals surface area contributed by atoms with Gasteiger partial charge in [-0.3, -0.25) is 14.2 Å². The summed E-state index contributed by atoms with van der Waals surface area (Å²) >= 11 is 6.22. The average Bonchev–Trinajstić information content (AvgIpc) is 3.06. The summed E-state index contributed by atoms with van der Waals surface area (Å²) < 4.78 is 3.73. The molecule has 0 spiro atoms. The Morgan fingerprint density at radius 3 is 2.38 bits per heavy atom. The Hall–Kier alpha value is -2.60. The Morgan fingerprint density at radius 1 is 1.07 bits per heavy atom. The van der Waals surface area contributed by atoms with Gasteiger partial charge in [-0.05, 0) is 40.2 Å². The molecule has 1 N–H and O–H groups in total. The third kappa shape index (κ3) is 4.53. The molecule has 154 valence electrons. The lowest BCUT2D eigenvalue weighted by Crippen LogP contribution is -2.25. The number of aromatic nitrogens is 4. The fraction of sp³-hybridized carbons (Fsp3) is 0.409. The number of amides is 1. The number of nitrogens with one attached hydrogen (secondary N) is 1. The third-order valence-electron chi connectivity index (χ3n) is 5.23. The second-order valence-corrected chi connectivity index (χ2v) is 8.13. The summed E-state index contributed by atoms with van der Waals surface area (Å²) in [6, 6.07) is 8.36. The summed E-state index contributed by atoms with van der Waals surface area (Å²) in [7, 11) is 0. The highest BCUT2D eigenvalue weighted by Gasteiger charge is 2.20. The van der Waals surface area contributed by atoms with Crippen LogP contribution < -0.4 is 5.32 Å². The van der Waals surface area contributed by atoms with E-state index in [-0.39, 0.29) is 11.8 Å². The normalized spacial score (nSPS) is 12.2. The molecule has 29 heavy (non-hydrogen) atoms. The van der Waals surface area contributed by atoms with Gasteiger partial charge in [0.25, 0.3) is 0 Å². The van der Waals surface area contributed by atoms with Crippen LogP contribution >= 0.6 is 11.6 Å². The van der Waals surface area contributed by atoms with Gasteiger partial charge in [-0.25, -0.2) is 0 Å². The Kier molecular flexibility index (Phi) is 6.13. The Bertz CT molecular complexity index is 1050. The van der Waals surface area contributed by atoms with Crippen molar-refractivity contribution < 1.29 is 4.79 Å². The van der Waals surface area contributed by atoms with E-state index >= 15 is 0 Å². The molecular formula is C22H28ClN5O. The number of halogens is 1. The standard InChI is InChI=1S/C22H28ClN5O/c1-13-8-7-9-19(10-13)12-28-18(6)21(16(4)26-28)24-22(29)14(2)11-27-17(5)20(23)15(3)25-27/h7-10,14H,11-12H2,1-6H3,(H,24,29). The molecule has 6 nitrogen and oxygen atoms in total. The van der Waals surface area contributed by atoms with Crippen molar-refractivity contribution >= 4 is 23.2 Å². The number of carbonyl (C=O) groups is 1. The zero-order valence-corrected chi connectivity index (χ0v) is 18.6. The molecule has 1 aromatic carbocycles. The van der Waals surface area contributed by atoms with E-state index in [1.165, 1.54) is 11.1 Å². The first-order chi connectivity index (χ1) is 13.7. The molecule has 0 fully saturated rings. The van der Waals surface area contributed by atoms with Gasteiger partial charge in [0.05, 0.1) is 52.5 Å². The summed E-state index contributed by atoms with van der Waals surface area (Å²) in [5.74, 6) is -0.321. The molecule has 1 atom stereocenters. The van der Waals surface area contributed by atoms with E-state index in [0.717, 1.165) is 28.5 Å². The van der Waals surface area contributed by atoms with Crippen molar-refractivity contribution in [1.82, 2.24) is 19.6 Å². The topological polar surface area (TPSA) is 64.7 Å². The van der Waals surface area contributed by atoms with Crippen molar-refractivity contribution in [3.05, 3.63) is 63.2 Å². The lowest BCUT2D eigenvalue weighted by molar-refractivity contribution is -0.119. The highest BCUT2D eigenvalue weighted by Crippen LogP contribution is 2.23. The predicted molar refractivity (Wildman–Crippen MR) is 116 cm³/mol. The molecule has 0 aliphatic carbocycles. The summed E-state index contributed by atoms with van der Waals surface area (Å²) in [5, 5.41) is 12.8. The minimum atomic E-state index is -0.261. The molecule has 0 radical (unpaired) electrons. The van der Waals surface area contributed by atoms with Crippen LogP contribution in [-0.2, 0) is 17.9 Å². The van der Waals surface area contributed by atoms with E-state index in [9.17, 15) is 4.79 Å². The molecule has 2 aromatic heterocycles. The number of nitrogens with zero attached hydrogens (tertiary/aromatic N) is 4. The first-order valence-corrected chi connectivity index (χ1v) is 10.1. The van der Waals surface area contributed by atoms with Crippen molar-refractivity contribution in [2.45, 2.75) is 54.6 Å². The van der Waals surface area contributed by atoms with Crippen LogP contribution in [0.1, 0.15) is 40.8 Å². The van der Waals surface area contributed by atoms with Crippen LogP contribution in [0.3, 0.4) is 0 Å². The van der Waals surface area contributed by atoms with Crippen LogP contribution in [0.4, 0.5) is 5.69 Å². The Balaban J connectivity index is 1.73. The molecule has 2 heterocycles. The second kappa shape index (κ2) is 8.41. The van der Waals surface area contributed by atoms with Crippen LogP contribution in [0.2, 0.25) is 5.02 Å². The van der Waals surface area contributed by atoms with E-state index in [1.54, 1.807) is 4.68 Å². The molecule has 0 saturated heterocycles. The molecule has 7 heteroatoms. The summed E-state index contributed by atoms with van der Waals surface area (Å²) in [4.78, 5) is 12.8. The van der Waals surface area contributed by atoms with Crippen molar-refractivity contribution in [2.75, 3.05) is 5.32 Å². The van der Waals surface area contributed by atoms with Gasteiger partial charge >= 0.3 is 0 Å². The number of hydrogen-bond donors (Lipinski definition) is 1. The number of carbonyl (C=O) groups excluding carboxylic acids is 1. The van der Waals surface area contributed by atoms with Crippen molar-refractivity contribution in [1.29, 1.82) is 0 Å². The number of hydrogen-bond acceptors (Lipinski definition) is 3. The second-order valence-electron chi connectivity index (χ2n) is 7.75. The fourth-order valence-corrected chi connectivity index (χ4v) is 3.59. The highest BCUT2D eigenvalue weighted by atomic mass is 35.5. The lowest BCUT2D eigenvalue weighted by Gasteiger charge is -2.14. The molecule has 0 saturated carbocycles. The van der Waals surface area contributed by atoms with Gasteiger partial charge in [-0.1, -0.05) is 48.4 Å². The molecule has 0 aliphatic rings. The third-order valence-corrected chi connectivity index (χ3v) is 5.78. The molecule has 1 amide bonds. The van der Waals surface area contributed by atoms with Gasteiger partial charge in [-0.2, -0.15) is 10.2 Å². The van der Waals surface area contributed by atoms with Crippen LogP contribution in [0.15, 0.2) is 24.3 Å². The molecule has 0 aliphatic heterocycles. The first kappa shape index (κ1) is 21.1. The Morgan fingerprint density at radius 2 is 1.76 bits per heavy atom. The predicted octanol–water partition coefficient (Wildman–Crippen LogP) is 4.60. The van der Waals surface area contributed by atoms with Gasteiger partial charge in [0.2, 0.25) is 5.91 Å². The molecule has 3 aromatic rings.